The Morgan fingerprint density at radius 3 is 3.00 bits per heavy atom. The van der Waals surface area contributed by atoms with Crippen LogP contribution < -0.4 is 5.32 Å². The molecule has 3 rings (SSSR count). The SMILES string of the molecule is CN1CCN(C(=O)/C=C/c2cccs2)CC2(CCCC(=O)N2)C1. The number of carbonyl (C=O) groups is 2. The highest BCUT2D eigenvalue weighted by molar-refractivity contribution is 7.10. The van der Waals surface area contributed by atoms with E-state index < -0.39 is 0 Å². The molecule has 1 unspecified atom stereocenters. The van der Waals surface area contributed by atoms with Gasteiger partial charge in [-0.15, -0.1) is 11.3 Å². The Hall–Kier alpha value is -1.66. The summed E-state index contributed by atoms with van der Waals surface area (Å²) in [5.74, 6) is 0.126. The maximum absolute atomic E-state index is 12.6. The van der Waals surface area contributed by atoms with Gasteiger partial charge in [0, 0.05) is 43.6 Å². The summed E-state index contributed by atoms with van der Waals surface area (Å²) in [5, 5.41) is 5.16. The van der Waals surface area contributed by atoms with Gasteiger partial charge >= 0.3 is 0 Å². The van der Waals surface area contributed by atoms with E-state index in [1.165, 1.54) is 0 Å². The van der Waals surface area contributed by atoms with Crippen molar-refractivity contribution in [1.29, 1.82) is 0 Å². The van der Waals surface area contributed by atoms with Crippen molar-refractivity contribution in [3.63, 3.8) is 0 Å². The van der Waals surface area contributed by atoms with Gasteiger partial charge in [-0.2, -0.15) is 0 Å². The number of hydrogen-bond donors (Lipinski definition) is 1. The van der Waals surface area contributed by atoms with Crippen LogP contribution in [0.25, 0.3) is 6.08 Å². The molecule has 3 heterocycles. The second-order valence-electron chi connectivity index (χ2n) is 6.53. The van der Waals surface area contributed by atoms with Crippen LogP contribution in [0, 0.1) is 0 Å². The topological polar surface area (TPSA) is 52.7 Å². The molecule has 2 aliphatic rings. The fraction of sp³-hybridized carbons (Fsp3) is 0.529. The summed E-state index contributed by atoms with van der Waals surface area (Å²) < 4.78 is 0. The Morgan fingerprint density at radius 2 is 2.26 bits per heavy atom. The third kappa shape index (κ3) is 4.00. The van der Waals surface area contributed by atoms with Crippen molar-refractivity contribution >= 4 is 29.2 Å². The van der Waals surface area contributed by atoms with E-state index in [0.717, 1.165) is 30.8 Å². The number of likely N-dealkylation sites (N-methyl/N-ethyl adjacent to an activating group) is 1. The van der Waals surface area contributed by atoms with Crippen LogP contribution in [0.3, 0.4) is 0 Å². The molecule has 1 aromatic heterocycles. The van der Waals surface area contributed by atoms with E-state index in [2.05, 4.69) is 17.3 Å². The van der Waals surface area contributed by atoms with Crippen molar-refractivity contribution in [2.24, 2.45) is 0 Å². The van der Waals surface area contributed by atoms with Gasteiger partial charge in [0.05, 0.1) is 5.54 Å². The van der Waals surface area contributed by atoms with Crippen LogP contribution in [0.1, 0.15) is 24.1 Å². The van der Waals surface area contributed by atoms with E-state index in [0.29, 0.717) is 19.5 Å². The first-order valence-corrected chi connectivity index (χ1v) is 8.94. The monoisotopic (exact) mass is 333 g/mol. The molecule has 1 spiro atoms. The summed E-state index contributed by atoms with van der Waals surface area (Å²) in [5.41, 5.74) is -0.299. The van der Waals surface area contributed by atoms with Crippen LogP contribution in [0.5, 0.6) is 0 Å². The number of nitrogens with one attached hydrogen (secondary N) is 1. The minimum atomic E-state index is -0.299. The molecule has 0 saturated carbocycles. The molecule has 0 radical (unpaired) electrons. The van der Waals surface area contributed by atoms with Gasteiger partial charge in [0.15, 0.2) is 0 Å². The third-order valence-electron chi connectivity index (χ3n) is 4.53. The Morgan fingerprint density at radius 1 is 1.39 bits per heavy atom. The molecule has 1 aromatic rings. The smallest absolute Gasteiger partial charge is 0.246 e. The first kappa shape index (κ1) is 16.2. The molecule has 2 saturated heterocycles. The van der Waals surface area contributed by atoms with Crippen LogP contribution in [-0.2, 0) is 9.59 Å². The van der Waals surface area contributed by atoms with Crippen LogP contribution in [0.15, 0.2) is 23.6 Å². The minimum Gasteiger partial charge on any atom is -0.348 e. The number of piperidine rings is 1. The molecular weight excluding hydrogens is 310 g/mol. The number of amides is 2. The maximum atomic E-state index is 12.6. The summed E-state index contributed by atoms with van der Waals surface area (Å²) >= 11 is 1.62. The molecule has 23 heavy (non-hydrogen) atoms. The van der Waals surface area contributed by atoms with E-state index in [1.54, 1.807) is 17.4 Å². The zero-order valence-corrected chi connectivity index (χ0v) is 14.3. The van der Waals surface area contributed by atoms with Gasteiger partial charge in [0.2, 0.25) is 11.8 Å². The Kier molecular flexibility index (Phi) is 4.82. The van der Waals surface area contributed by atoms with Gasteiger partial charge in [-0.25, -0.2) is 0 Å². The van der Waals surface area contributed by atoms with Gasteiger partial charge in [0.25, 0.3) is 0 Å². The van der Waals surface area contributed by atoms with Crippen molar-refractivity contribution in [1.82, 2.24) is 15.1 Å². The van der Waals surface area contributed by atoms with Crippen LogP contribution in [-0.4, -0.2) is 60.4 Å². The molecule has 6 heteroatoms. The predicted molar refractivity (Wildman–Crippen MR) is 92.2 cm³/mol. The largest absolute Gasteiger partial charge is 0.348 e. The molecule has 2 amide bonds. The number of thiophene rings is 1. The molecule has 0 aliphatic carbocycles. The lowest BCUT2D eigenvalue weighted by Crippen LogP contribution is -2.61. The molecule has 124 valence electrons. The van der Waals surface area contributed by atoms with E-state index >= 15 is 0 Å². The number of carbonyl (C=O) groups excluding carboxylic acids is 2. The minimum absolute atomic E-state index is 0.0212. The fourth-order valence-corrected chi connectivity index (χ4v) is 4.08. The Balaban J connectivity index is 1.73. The molecule has 0 bridgehead atoms. The van der Waals surface area contributed by atoms with Crippen molar-refractivity contribution in [3.8, 4) is 0 Å². The zero-order chi connectivity index (χ0) is 16.3. The quantitative estimate of drug-likeness (QED) is 0.836. The van der Waals surface area contributed by atoms with E-state index in [-0.39, 0.29) is 17.4 Å². The Bertz CT molecular complexity index is 599. The number of hydrogen-bond acceptors (Lipinski definition) is 4. The highest BCUT2D eigenvalue weighted by Gasteiger charge is 2.40. The van der Waals surface area contributed by atoms with Gasteiger partial charge < -0.3 is 15.1 Å². The van der Waals surface area contributed by atoms with Gasteiger partial charge in [-0.3, -0.25) is 9.59 Å². The first-order valence-electron chi connectivity index (χ1n) is 8.06. The summed E-state index contributed by atoms with van der Waals surface area (Å²) in [6, 6.07) is 3.97. The number of nitrogens with zero attached hydrogens (tertiary/aromatic N) is 2. The summed E-state index contributed by atoms with van der Waals surface area (Å²) in [4.78, 5) is 29.6. The van der Waals surface area contributed by atoms with Gasteiger partial charge in [0.1, 0.15) is 0 Å². The average Bonchev–Trinajstić information content (AvgIpc) is 2.97. The van der Waals surface area contributed by atoms with E-state index in [1.807, 2.05) is 28.5 Å². The van der Waals surface area contributed by atoms with Crippen molar-refractivity contribution in [3.05, 3.63) is 28.5 Å². The van der Waals surface area contributed by atoms with E-state index in [9.17, 15) is 9.59 Å². The molecule has 0 aromatic carbocycles. The molecule has 2 aliphatic heterocycles. The second-order valence-corrected chi connectivity index (χ2v) is 7.51. The lowest BCUT2D eigenvalue weighted by molar-refractivity contribution is -0.130. The predicted octanol–water partition coefficient (Wildman–Crippen LogP) is 1.57. The average molecular weight is 333 g/mol. The highest BCUT2D eigenvalue weighted by Crippen LogP contribution is 2.24. The van der Waals surface area contributed by atoms with Gasteiger partial charge in [-0.1, -0.05) is 6.07 Å². The maximum Gasteiger partial charge on any atom is 0.246 e. The summed E-state index contributed by atoms with van der Waals surface area (Å²) in [7, 11) is 2.05. The molecule has 1 atom stereocenters. The number of rotatable bonds is 2. The Labute approximate surface area is 141 Å². The molecule has 2 fully saturated rings. The molecule has 1 N–H and O–H groups in total. The van der Waals surface area contributed by atoms with E-state index in [4.69, 9.17) is 0 Å². The van der Waals surface area contributed by atoms with Crippen LogP contribution in [0.2, 0.25) is 0 Å². The van der Waals surface area contributed by atoms with Gasteiger partial charge in [-0.05, 0) is 37.4 Å². The summed E-state index contributed by atoms with van der Waals surface area (Å²) in [6.45, 7) is 2.92. The lowest BCUT2D eigenvalue weighted by atomic mass is 9.87. The second kappa shape index (κ2) is 6.84. The normalized spacial score (nSPS) is 26.5. The van der Waals surface area contributed by atoms with Crippen LogP contribution in [0.4, 0.5) is 0 Å². The summed E-state index contributed by atoms with van der Waals surface area (Å²) in [6.07, 6.45) is 5.94. The molecular formula is C17H23N3O2S. The van der Waals surface area contributed by atoms with Crippen molar-refractivity contribution < 1.29 is 9.59 Å². The zero-order valence-electron chi connectivity index (χ0n) is 13.5. The van der Waals surface area contributed by atoms with Crippen LogP contribution >= 0.6 is 11.3 Å². The lowest BCUT2D eigenvalue weighted by Gasteiger charge is -2.40. The standard InChI is InChI=1S/C17H23N3O2S/c1-19-9-10-20(16(22)7-6-14-4-3-11-23-14)13-17(12-19)8-2-5-15(21)18-17/h3-4,6-7,11H,2,5,8-10,12-13H2,1H3,(H,18,21)/b7-6+. The highest BCUT2D eigenvalue weighted by atomic mass is 32.1. The molecule has 5 nitrogen and oxygen atoms in total. The van der Waals surface area contributed by atoms with Crippen molar-refractivity contribution in [2.45, 2.75) is 24.8 Å². The van der Waals surface area contributed by atoms with Crippen molar-refractivity contribution in [2.75, 3.05) is 33.2 Å². The first-order chi connectivity index (χ1) is 11.1. The third-order valence-corrected chi connectivity index (χ3v) is 5.36. The fourth-order valence-electron chi connectivity index (χ4n) is 3.46.